The van der Waals surface area contributed by atoms with Gasteiger partial charge in [0.1, 0.15) is 0 Å². The molecule has 262 valence electrons. The van der Waals surface area contributed by atoms with Crippen LogP contribution in [0.15, 0.2) is 71.6 Å². The second-order valence-electron chi connectivity index (χ2n) is 17.1. The molecule has 1 aromatic carbocycles. The molecule has 2 aromatic rings. The molecule has 7 aliphatic carbocycles. The maximum absolute atomic E-state index is 14.9. The van der Waals surface area contributed by atoms with Gasteiger partial charge in [0.05, 0.1) is 18.2 Å². The summed E-state index contributed by atoms with van der Waals surface area (Å²) in [6.45, 7) is 5.51. The van der Waals surface area contributed by atoms with Gasteiger partial charge in [0.25, 0.3) is 0 Å². The van der Waals surface area contributed by atoms with E-state index in [1.165, 1.54) is 11.3 Å². The van der Waals surface area contributed by atoms with Crippen molar-refractivity contribution in [3.63, 3.8) is 0 Å². The van der Waals surface area contributed by atoms with Crippen molar-refractivity contribution in [2.45, 2.75) is 109 Å². The number of amides is 2. The summed E-state index contributed by atoms with van der Waals surface area (Å²) in [5, 5.41) is 29.2. The van der Waals surface area contributed by atoms with Gasteiger partial charge in [-0.3, -0.25) is 4.79 Å². The van der Waals surface area contributed by atoms with Gasteiger partial charge in [0, 0.05) is 44.8 Å². The Hall–Kier alpha value is -2.74. The predicted octanol–water partition coefficient (Wildman–Crippen LogP) is 8.57. The number of benzene rings is 1. The Kier molecular flexibility index (Phi) is 8.32. The van der Waals surface area contributed by atoms with E-state index in [4.69, 9.17) is 0 Å². The number of rotatable bonds is 8. The lowest BCUT2D eigenvalue weighted by atomic mass is 9.32. The van der Waals surface area contributed by atoms with Gasteiger partial charge in [0.2, 0.25) is 0 Å². The molecular weight excluding hydrogens is 629 g/mol. The van der Waals surface area contributed by atoms with Crippen molar-refractivity contribution in [3.8, 4) is 0 Å². The van der Waals surface area contributed by atoms with Crippen LogP contribution in [0.5, 0.6) is 0 Å². The molecule has 8 atom stereocenters. The normalized spacial score (nSPS) is 39.4. The summed E-state index contributed by atoms with van der Waals surface area (Å²) in [5.74, 6) is 0.802. The molecule has 0 aliphatic heterocycles. The van der Waals surface area contributed by atoms with E-state index in [2.05, 4.69) is 48.8 Å². The summed E-state index contributed by atoms with van der Waals surface area (Å²) in [4.78, 5) is 31.9. The molecule has 1 aromatic heterocycles. The van der Waals surface area contributed by atoms with Gasteiger partial charge in [-0.05, 0) is 105 Å². The highest BCUT2D eigenvalue weighted by Gasteiger charge is 2.74. The molecule has 49 heavy (non-hydrogen) atoms. The molecule has 7 aliphatic rings. The molecule has 8 unspecified atom stereocenters. The van der Waals surface area contributed by atoms with E-state index >= 15 is 0 Å². The third-order valence-corrected chi connectivity index (χ3v) is 15.9. The number of nitrogens with one attached hydrogen (secondary N) is 1. The molecule has 4 fully saturated rings. The Morgan fingerprint density at radius 1 is 0.898 bits per heavy atom. The number of nitrogens with zero attached hydrogens (tertiary/aromatic N) is 1. The van der Waals surface area contributed by atoms with Crippen LogP contribution in [0.25, 0.3) is 0 Å². The minimum Gasteiger partial charge on any atom is -0.393 e. The van der Waals surface area contributed by atoms with Crippen LogP contribution in [0.2, 0.25) is 0 Å². The highest BCUT2D eigenvalue weighted by molar-refractivity contribution is 7.09. The van der Waals surface area contributed by atoms with E-state index in [-0.39, 0.29) is 41.3 Å². The van der Waals surface area contributed by atoms with E-state index in [0.717, 1.165) is 75.5 Å². The van der Waals surface area contributed by atoms with Crippen molar-refractivity contribution in [3.05, 3.63) is 76.5 Å². The van der Waals surface area contributed by atoms with Crippen molar-refractivity contribution >= 4 is 28.8 Å². The Morgan fingerprint density at radius 3 is 2.39 bits per heavy atom. The van der Waals surface area contributed by atoms with Gasteiger partial charge in [-0.25, -0.2) is 4.79 Å². The van der Waals surface area contributed by atoms with Gasteiger partial charge >= 0.3 is 6.03 Å². The Labute approximate surface area is 296 Å². The standard InChI is InChI=1S/C42H54N2O4S/c1-38-19-15-31(45)26-40(38)22-23-42(33(27-40)36(46)29-10-5-3-6-11-29)34(38)16-20-39(2)35(42)17-21-41(39,48)28-44(24-18-32-14-9-25-49-32)37(47)43-30-12-7-4-8-13-30/h4,7-9,12-14,22-23,25,27,29,31,34-35,45,48H,3,5-6,10-11,15-21,24,26,28H2,1-2H3,(H,43,47). The van der Waals surface area contributed by atoms with Crippen LogP contribution >= 0.6 is 11.3 Å². The summed E-state index contributed by atoms with van der Waals surface area (Å²) >= 11 is 1.70. The highest BCUT2D eigenvalue weighted by atomic mass is 32.1. The predicted molar refractivity (Wildman–Crippen MR) is 195 cm³/mol. The lowest BCUT2D eigenvalue weighted by molar-refractivity contribution is -0.178. The molecule has 6 nitrogen and oxygen atoms in total. The molecule has 3 N–H and O–H groups in total. The van der Waals surface area contributed by atoms with E-state index in [1.807, 2.05) is 41.3 Å². The van der Waals surface area contributed by atoms with Crippen molar-refractivity contribution in [1.29, 1.82) is 0 Å². The quantitative estimate of drug-likeness (QED) is 0.244. The number of aliphatic hydroxyl groups excluding tert-OH is 1. The lowest BCUT2D eigenvalue weighted by Gasteiger charge is -2.71. The number of carbonyl (C=O) groups excluding carboxylic acids is 2. The summed E-state index contributed by atoms with van der Waals surface area (Å²) in [5.41, 5.74) is -0.585. The van der Waals surface area contributed by atoms with E-state index in [1.54, 1.807) is 11.3 Å². The fourth-order valence-corrected chi connectivity index (χ4v) is 12.9. The number of thiophene rings is 1. The van der Waals surface area contributed by atoms with Crippen LogP contribution in [0.1, 0.15) is 95.8 Å². The molecule has 0 radical (unpaired) electrons. The SMILES string of the molecule is CC12CCC(O)CC13C=CC1(C(C(=O)C4CCCCC4)=C3)C2CCC2(C)C1CCC2(O)CN(CCc1cccs1)C(=O)Nc1ccccc1. The number of aliphatic hydroxyl groups is 2. The second kappa shape index (κ2) is 12.2. The average molecular weight is 683 g/mol. The first-order valence-corrected chi connectivity index (χ1v) is 19.9. The molecule has 4 saturated carbocycles. The van der Waals surface area contributed by atoms with Crippen molar-refractivity contribution in [2.24, 2.45) is 39.4 Å². The van der Waals surface area contributed by atoms with E-state index in [9.17, 15) is 19.8 Å². The fourth-order valence-electron chi connectivity index (χ4n) is 12.2. The number of hydrogen-bond donors (Lipinski definition) is 3. The first-order valence-electron chi connectivity index (χ1n) is 19.1. The summed E-state index contributed by atoms with van der Waals surface area (Å²) in [6, 6.07) is 13.6. The van der Waals surface area contributed by atoms with Gasteiger partial charge in [0.15, 0.2) is 5.78 Å². The van der Waals surface area contributed by atoms with Gasteiger partial charge in [-0.1, -0.05) is 75.6 Å². The number of fused-ring (bicyclic) bond motifs is 1. The molecule has 2 amide bonds. The molecule has 1 heterocycles. The van der Waals surface area contributed by atoms with Crippen LogP contribution in [0, 0.1) is 39.4 Å². The maximum atomic E-state index is 14.9. The number of urea groups is 1. The summed E-state index contributed by atoms with van der Waals surface area (Å²) < 4.78 is 0. The van der Waals surface area contributed by atoms with Gasteiger partial charge < -0.3 is 20.4 Å². The van der Waals surface area contributed by atoms with Crippen molar-refractivity contribution in [2.75, 3.05) is 18.4 Å². The van der Waals surface area contributed by atoms with Crippen LogP contribution in [0.3, 0.4) is 0 Å². The minimum atomic E-state index is -1.09. The summed E-state index contributed by atoms with van der Waals surface area (Å²) in [6.07, 6.45) is 18.6. The fraction of sp³-hybridized carbons (Fsp3) is 0.619. The van der Waals surface area contributed by atoms with Crippen LogP contribution in [-0.2, 0) is 11.2 Å². The smallest absolute Gasteiger partial charge is 0.321 e. The monoisotopic (exact) mass is 682 g/mol. The maximum Gasteiger partial charge on any atom is 0.321 e. The largest absolute Gasteiger partial charge is 0.393 e. The van der Waals surface area contributed by atoms with E-state index < -0.39 is 16.4 Å². The zero-order chi connectivity index (χ0) is 34.1. The van der Waals surface area contributed by atoms with Gasteiger partial charge in [-0.15, -0.1) is 11.3 Å². The zero-order valence-electron chi connectivity index (χ0n) is 29.3. The Bertz CT molecular complexity index is 1630. The van der Waals surface area contributed by atoms with Crippen LogP contribution in [0.4, 0.5) is 10.5 Å². The van der Waals surface area contributed by atoms with E-state index in [0.29, 0.717) is 31.1 Å². The lowest BCUT2D eigenvalue weighted by Crippen LogP contribution is -2.67. The molecular formula is C42H54N2O4S. The third kappa shape index (κ3) is 5.07. The molecule has 7 heteroatoms. The zero-order valence-corrected chi connectivity index (χ0v) is 30.1. The minimum absolute atomic E-state index is 0.0400. The Balaban J connectivity index is 1.16. The highest BCUT2D eigenvalue weighted by Crippen LogP contribution is 2.78. The second-order valence-corrected chi connectivity index (χ2v) is 18.1. The van der Waals surface area contributed by atoms with Gasteiger partial charge in [-0.2, -0.15) is 0 Å². The van der Waals surface area contributed by atoms with Crippen molar-refractivity contribution < 1.29 is 19.8 Å². The number of anilines is 1. The summed E-state index contributed by atoms with van der Waals surface area (Å²) in [7, 11) is 0. The molecule has 2 bridgehead atoms. The number of hydrogen-bond acceptors (Lipinski definition) is 5. The number of Topliss-reactive ketones (excluding diaryl/α,β-unsaturated/α-hetero) is 1. The van der Waals surface area contributed by atoms with Crippen molar-refractivity contribution in [1.82, 2.24) is 4.90 Å². The topological polar surface area (TPSA) is 89.9 Å². The molecule has 9 rings (SSSR count). The number of para-hydroxylation sites is 1. The average Bonchev–Trinajstić information content (AvgIpc) is 3.72. The van der Waals surface area contributed by atoms with Crippen LogP contribution < -0.4 is 5.32 Å². The first-order chi connectivity index (χ1) is 23.5. The number of ketones is 1. The molecule has 0 saturated heterocycles. The number of allylic oxidation sites excluding steroid dienone is 4. The first kappa shape index (κ1) is 33.4. The van der Waals surface area contributed by atoms with Crippen LogP contribution in [-0.4, -0.2) is 51.7 Å². The molecule has 2 spiro atoms. The third-order valence-electron chi connectivity index (χ3n) is 14.9. The number of carbonyl (C=O) groups is 2. The Morgan fingerprint density at radius 2 is 1.63 bits per heavy atom.